The molecular formula is C27H32ClN3O4S. The van der Waals surface area contributed by atoms with Gasteiger partial charge in [0, 0.05) is 35.9 Å². The van der Waals surface area contributed by atoms with Gasteiger partial charge in [-0.1, -0.05) is 42.3 Å². The van der Waals surface area contributed by atoms with Crippen LogP contribution in [0, 0.1) is 0 Å². The van der Waals surface area contributed by atoms with Crippen LogP contribution >= 0.6 is 11.6 Å². The second-order valence-electron chi connectivity index (χ2n) is 9.61. The standard InChI is InChI=1S/C27H32ClN3O4S/c28-23-18-20(24-25(29)27(35-26(24)32)9-2-1-3-10-27)7-8-22(23)19-5-4-6-21(17-19)30-36(33)16-13-31-11-14-34-15-12-31/h4-8,17-18,30H,1-3,9-16,29H2. The summed E-state index contributed by atoms with van der Waals surface area (Å²) in [4.78, 5) is 15.0. The van der Waals surface area contributed by atoms with E-state index in [-0.39, 0.29) is 5.97 Å². The van der Waals surface area contributed by atoms with Crippen LogP contribution in [0.1, 0.15) is 37.7 Å². The fourth-order valence-corrected chi connectivity index (χ4v) is 6.47. The molecule has 192 valence electrons. The van der Waals surface area contributed by atoms with Crippen LogP contribution in [0.25, 0.3) is 16.7 Å². The molecule has 9 heteroatoms. The van der Waals surface area contributed by atoms with E-state index in [1.807, 2.05) is 36.4 Å². The summed E-state index contributed by atoms with van der Waals surface area (Å²) >= 11 is 6.70. The molecule has 3 N–H and O–H groups in total. The highest BCUT2D eigenvalue weighted by atomic mass is 35.5. The molecule has 1 saturated carbocycles. The molecule has 1 saturated heterocycles. The lowest BCUT2D eigenvalue weighted by Crippen LogP contribution is -2.38. The molecule has 36 heavy (non-hydrogen) atoms. The Kier molecular flexibility index (Phi) is 7.67. The first-order valence-electron chi connectivity index (χ1n) is 12.5. The van der Waals surface area contributed by atoms with Crippen molar-refractivity contribution in [3.8, 4) is 11.1 Å². The highest BCUT2D eigenvalue weighted by Gasteiger charge is 2.47. The molecule has 5 rings (SSSR count). The van der Waals surface area contributed by atoms with Gasteiger partial charge >= 0.3 is 5.97 Å². The minimum atomic E-state index is -1.20. The number of nitrogens with zero attached hydrogens (tertiary/aromatic N) is 1. The van der Waals surface area contributed by atoms with Gasteiger partial charge in [-0.3, -0.25) is 4.90 Å². The topological polar surface area (TPSA) is 93.9 Å². The van der Waals surface area contributed by atoms with E-state index in [1.165, 1.54) is 0 Å². The van der Waals surface area contributed by atoms with Crippen LogP contribution in [0.4, 0.5) is 5.69 Å². The molecule has 1 aliphatic carbocycles. The molecule has 0 aromatic heterocycles. The number of rotatable bonds is 7. The number of anilines is 1. The van der Waals surface area contributed by atoms with Crippen LogP contribution in [0.2, 0.25) is 5.02 Å². The molecule has 0 radical (unpaired) electrons. The average molecular weight is 530 g/mol. The molecule has 1 atom stereocenters. The molecule has 2 aromatic carbocycles. The molecule has 2 heterocycles. The number of hydrogen-bond donors (Lipinski definition) is 2. The summed E-state index contributed by atoms with van der Waals surface area (Å²) in [6.45, 7) is 3.98. The maximum absolute atomic E-state index is 12.8. The normalized spacial score (nSPS) is 21.0. The van der Waals surface area contributed by atoms with Crippen LogP contribution < -0.4 is 10.5 Å². The zero-order chi connectivity index (χ0) is 25.1. The SMILES string of the molecule is NC1=C(c2ccc(-c3cccc(NS(=O)CCN4CCOCC4)c3)c(Cl)c2)C(=O)OC12CCCCC2. The van der Waals surface area contributed by atoms with Gasteiger partial charge in [-0.05, 0) is 55.0 Å². The molecule has 1 unspecified atom stereocenters. The Labute approximate surface area is 219 Å². The lowest BCUT2D eigenvalue weighted by atomic mass is 9.81. The van der Waals surface area contributed by atoms with Gasteiger partial charge in [-0.15, -0.1) is 0 Å². The number of carbonyl (C=O) groups is 1. The first-order valence-corrected chi connectivity index (χ1v) is 14.2. The minimum Gasteiger partial charge on any atom is -0.449 e. The maximum Gasteiger partial charge on any atom is 0.341 e. The van der Waals surface area contributed by atoms with E-state index in [4.69, 9.17) is 26.8 Å². The molecule has 2 aromatic rings. The smallest absolute Gasteiger partial charge is 0.341 e. The lowest BCUT2D eigenvalue weighted by Gasteiger charge is -2.32. The van der Waals surface area contributed by atoms with Crippen molar-refractivity contribution in [2.24, 2.45) is 5.73 Å². The van der Waals surface area contributed by atoms with Crippen LogP contribution in [0.15, 0.2) is 48.2 Å². The molecule has 0 bridgehead atoms. The van der Waals surface area contributed by atoms with Gasteiger partial charge in [0.1, 0.15) is 11.0 Å². The summed E-state index contributed by atoms with van der Waals surface area (Å²) in [5, 5.41) is 0.510. The zero-order valence-electron chi connectivity index (χ0n) is 20.3. The molecule has 2 fully saturated rings. The highest BCUT2D eigenvalue weighted by Crippen LogP contribution is 2.45. The van der Waals surface area contributed by atoms with Gasteiger partial charge in [0.15, 0.2) is 5.60 Å². The van der Waals surface area contributed by atoms with Gasteiger partial charge in [0.25, 0.3) is 0 Å². The van der Waals surface area contributed by atoms with E-state index in [2.05, 4.69) is 9.62 Å². The third kappa shape index (κ3) is 5.32. The van der Waals surface area contributed by atoms with Gasteiger partial charge in [-0.25, -0.2) is 9.00 Å². The Bertz CT molecular complexity index is 1190. The van der Waals surface area contributed by atoms with Crippen LogP contribution in [-0.2, 0) is 25.3 Å². The highest BCUT2D eigenvalue weighted by molar-refractivity contribution is 7.86. The van der Waals surface area contributed by atoms with Gasteiger partial charge in [0.2, 0.25) is 0 Å². The molecule has 2 aliphatic heterocycles. The third-order valence-corrected chi connectivity index (χ3v) is 8.60. The van der Waals surface area contributed by atoms with Crippen molar-refractivity contribution < 1.29 is 18.5 Å². The van der Waals surface area contributed by atoms with Gasteiger partial charge in [-0.2, -0.15) is 0 Å². The van der Waals surface area contributed by atoms with Gasteiger partial charge in [0.05, 0.1) is 30.2 Å². The Morgan fingerprint density at radius 1 is 1.06 bits per heavy atom. The predicted molar refractivity (Wildman–Crippen MR) is 144 cm³/mol. The summed E-state index contributed by atoms with van der Waals surface area (Å²) in [5.74, 6) is 0.164. The number of carbonyl (C=O) groups excluding carboxylic acids is 1. The van der Waals surface area contributed by atoms with Crippen molar-refractivity contribution in [1.29, 1.82) is 0 Å². The lowest BCUT2D eigenvalue weighted by molar-refractivity contribution is -0.147. The summed E-state index contributed by atoms with van der Waals surface area (Å²) in [7, 11) is -1.20. The number of nitrogens with two attached hydrogens (primary N) is 1. The summed E-state index contributed by atoms with van der Waals surface area (Å²) in [6.07, 6.45) is 4.69. The van der Waals surface area contributed by atoms with Crippen LogP contribution in [0.5, 0.6) is 0 Å². The molecular weight excluding hydrogens is 498 g/mol. The Morgan fingerprint density at radius 3 is 2.58 bits per heavy atom. The quantitative estimate of drug-likeness (QED) is 0.518. The first-order chi connectivity index (χ1) is 17.4. The maximum atomic E-state index is 12.8. The van der Waals surface area contributed by atoms with E-state index in [0.29, 0.717) is 27.6 Å². The molecule has 7 nitrogen and oxygen atoms in total. The Hall–Kier alpha value is -2.39. The van der Waals surface area contributed by atoms with Crippen molar-refractivity contribution in [1.82, 2.24) is 4.90 Å². The van der Waals surface area contributed by atoms with Crippen molar-refractivity contribution >= 4 is 39.8 Å². The second kappa shape index (κ2) is 10.9. The largest absolute Gasteiger partial charge is 0.449 e. The number of morpholine rings is 1. The van der Waals surface area contributed by atoms with E-state index in [1.54, 1.807) is 6.07 Å². The summed E-state index contributed by atoms with van der Waals surface area (Å²) in [5.41, 5.74) is 9.94. The number of halogens is 1. The average Bonchev–Trinajstić information content (AvgIpc) is 3.12. The number of nitrogens with one attached hydrogen (secondary N) is 1. The van der Waals surface area contributed by atoms with E-state index in [9.17, 15) is 9.00 Å². The fourth-order valence-electron chi connectivity index (χ4n) is 5.26. The molecule has 1 spiro atoms. The van der Waals surface area contributed by atoms with Crippen LogP contribution in [0.3, 0.4) is 0 Å². The fraction of sp³-hybridized carbons (Fsp3) is 0.444. The van der Waals surface area contributed by atoms with Crippen molar-refractivity contribution in [2.45, 2.75) is 37.7 Å². The van der Waals surface area contributed by atoms with Crippen LogP contribution in [-0.4, -0.2) is 59.3 Å². The minimum absolute atomic E-state index is 0.371. The van der Waals surface area contributed by atoms with E-state index in [0.717, 1.165) is 81.8 Å². The van der Waals surface area contributed by atoms with Gasteiger partial charge < -0.3 is 19.9 Å². The Morgan fingerprint density at radius 2 is 1.83 bits per heavy atom. The third-order valence-electron chi connectivity index (χ3n) is 7.27. The van der Waals surface area contributed by atoms with Crippen molar-refractivity contribution in [3.63, 3.8) is 0 Å². The first kappa shape index (κ1) is 25.3. The monoisotopic (exact) mass is 529 g/mol. The summed E-state index contributed by atoms with van der Waals surface area (Å²) < 4.78 is 26.9. The predicted octanol–water partition coefficient (Wildman–Crippen LogP) is 4.34. The summed E-state index contributed by atoms with van der Waals surface area (Å²) in [6, 6.07) is 13.2. The number of hydrogen-bond acceptors (Lipinski definition) is 6. The molecule has 3 aliphatic rings. The van der Waals surface area contributed by atoms with Crippen molar-refractivity contribution in [3.05, 3.63) is 58.7 Å². The molecule has 0 amide bonds. The zero-order valence-corrected chi connectivity index (χ0v) is 21.8. The van der Waals surface area contributed by atoms with Crippen molar-refractivity contribution in [2.75, 3.05) is 43.3 Å². The number of benzene rings is 2. The number of ether oxygens (including phenoxy) is 2. The Balaban J connectivity index is 1.30. The van der Waals surface area contributed by atoms with E-state index < -0.39 is 16.6 Å². The van der Waals surface area contributed by atoms with E-state index >= 15 is 0 Å². The second-order valence-corrected chi connectivity index (χ2v) is 11.3. The number of esters is 1.